The monoisotopic (exact) mass is 402 g/mol. The van der Waals surface area contributed by atoms with E-state index in [1.54, 1.807) is 16.2 Å². The van der Waals surface area contributed by atoms with Gasteiger partial charge >= 0.3 is 0 Å². The lowest BCUT2D eigenvalue weighted by Crippen LogP contribution is -2.41. The third kappa shape index (κ3) is 4.41. The molecule has 1 aliphatic heterocycles. The molecule has 0 radical (unpaired) electrons. The number of thioether (sulfide) groups is 1. The van der Waals surface area contributed by atoms with Gasteiger partial charge in [0.2, 0.25) is 5.91 Å². The van der Waals surface area contributed by atoms with E-state index in [1.165, 1.54) is 16.7 Å². The van der Waals surface area contributed by atoms with Crippen molar-refractivity contribution in [2.24, 2.45) is 0 Å². The topological polar surface area (TPSA) is 40.6 Å². The molecule has 0 N–H and O–H groups in total. The SMILES string of the molecule is CCN(Cc1ccccc1)C(=O)CN1C(=O)C(=Cc2cccs2)SC1=S. The number of nitrogens with zero attached hydrogens (tertiary/aromatic N) is 2. The van der Waals surface area contributed by atoms with Crippen LogP contribution in [0.5, 0.6) is 0 Å². The first-order valence-corrected chi connectivity index (χ1v) is 10.3. The highest BCUT2D eigenvalue weighted by molar-refractivity contribution is 8.26. The Morgan fingerprint density at radius 2 is 2.00 bits per heavy atom. The molecule has 1 aliphatic rings. The quantitative estimate of drug-likeness (QED) is 0.541. The summed E-state index contributed by atoms with van der Waals surface area (Å²) in [6.45, 7) is 3.01. The Kier molecular flexibility index (Phi) is 6.24. The third-order valence-corrected chi connectivity index (χ3v) is 6.13. The minimum absolute atomic E-state index is 0.0207. The van der Waals surface area contributed by atoms with Crippen LogP contribution in [0.15, 0.2) is 52.7 Å². The number of thiocarbonyl (C=S) groups is 1. The molecule has 2 amide bonds. The van der Waals surface area contributed by atoms with Crippen LogP contribution in [0.3, 0.4) is 0 Å². The fourth-order valence-corrected chi connectivity index (χ4v) is 4.53. The molecule has 7 heteroatoms. The Labute approximate surface area is 166 Å². The van der Waals surface area contributed by atoms with Crippen LogP contribution in [-0.2, 0) is 16.1 Å². The van der Waals surface area contributed by atoms with Gasteiger partial charge in [0.15, 0.2) is 0 Å². The largest absolute Gasteiger partial charge is 0.337 e. The van der Waals surface area contributed by atoms with Gasteiger partial charge in [0.1, 0.15) is 10.9 Å². The van der Waals surface area contributed by atoms with Crippen molar-refractivity contribution in [2.45, 2.75) is 13.5 Å². The molecule has 2 aromatic rings. The number of carbonyl (C=O) groups is 2. The molecule has 3 rings (SSSR count). The van der Waals surface area contributed by atoms with Crippen LogP contribution in [0.1, 0.15) is 17.4 Å². The second-order valence-electron chi connectivity index (χ2n) is 5.68. The first-order valence-electron chi connectivity index (χ1n) is 8.19. The molecule has 0 bridgehead atoms. The van der Waals surface area contributed by atoms with E-state index in [2.05, 4.69) is 0 Å². The van der Waals surface area contributed by atoms with E-state index in [4.69, 9.17) is 12.2 Å². The summed E-state index contributed by atoms with van der Waals surface area (Å²) in [5.74, 6) is -0.303. The number of hydrogen-bond donors (Lipinski definition) is 0. The van der Waals surface area contributed by atoms with Gasteiger partial charge in [-0.2, -0.15) is 0 Å². The molecule has 0 aliphatic carbocycles. The highest BCUT2D eigenvalue weighted by atomic mass is 32.2. The molecule has 1 aromatic heterocycles. The Bertz CT molecular complexity index is 832. The fraction of sp³-hybridized carbons (Fsp3) is 0.211. The number of thiophene rings is 1. The molecule has 134 valence electrons. The van der Waals surface area contributed by atoms with Crippen molar-refractivity contribution in [2.75, 3.05) is 13.1 Å². The Morgan fingerprint density at radius 1 is 1.23 bits per heavy atom. The van der Waals surface area contributed by atoms with E-state index in [1.807, 2.05) is 60.8 Å². The maximum absolute atomic E-state index is 12.7. The van der Waals surface area contributed by atoms with Crippen molar-refractivity contribution >= 4 is 57.5 Å². The number of hydrogen-bond acceptors (Lipinski definition) is 5. The second-order valence-corrected chi connectivity index (χ2v) is 8.33. The van der Waals surface area contributed by atoms with E-state index in [0.717, 1.165) is 10.4 Å². The maximum atomic E-state index is 12.7. The molecule has 1 aromatic carbocycles. The fourth-order valence-electron chi connectivity index (χ4n) is 2.55. The van der Waals surface area contributed by atoms with Gasteiger partial charge in [0.25, 0.3) is 5.91 Å². The van der Waals surface area contributed by atoms with Gasteiger partial charge in [-0.3, -0.25) is 14.5 Å². The number of likely N-dealkylation sites (N-methyl/N-ethyl adjacent to an activating group) is 1. The number of amides is 2. The first-order chi connectivity index (χ1) is 12.6. The van der Waals surface area contributed by atoms with Gasteiger partial charge in [-0.25, -0.2) is 0 Å². The highest BCUT2D eigenvalue weighted by Crippen LogP contribution is 2.33. The summed E-state index contributed by atoms with van der Waals surface area (Å²) in [6.07, 6.45) is 1.83. The van der Waals surface area contributed by atoms with Crippen LogP contribution < -0.4 is 0 Å². The van der Waals surface area contributed by atoms with E-state index in [9.17, 15) is 9.59 Å². The average Bonchev–Trinajstić information content (AvgIpc) is 3.24. The van der Waals surface area contributed by atoms with Crippen LogP contribution in [-0.4, -0.2) is 39.0 Å². The van der Waals surface area contributed by atoms with Crippen LogP contribution in [0.4, 0.5) is 0 Å². The minimum atomic E-state index is -0.197. The predicted molar refractivity (Wildman–Crippen MR) is 112 cm³/mol. The summed E-state index contributed by atoms with van der Waals surface area (Å²) >= 11 is 8.13. The van der Waals surface area contributed by atoms with Gasteiger partial charge in [0.05, 0.1) is 4.91 Å². The van der Waals surface area contributed by atoms with E-state index in [0.29, 0.717) is 22.3 Å². The lowest BCUT2D eigenvalue weighted by Gasteiger charge is -2.23. The Hall–Kier alpha value is -1.96. The Balaban J connectivity index is 1.68. The zero-order chi connectivity index (χ0) is 18.5. The molecule has 0 unspecified atom stereocenters. The third-order valence-electron chi connectivity index (χ3n) is 3.93. The zero-order valence-corrected chi connectivity index (χ0v) is 16.7. The summed E-state index contributed by atoms with van der Waals surface area (Å²) in [5.41, 5.74) is 1.06. The Morgan fingerprint density at radius 3 is 2.65 bits per heavy atom. The smallest absolute Gasteiger partial charge is 0.266 e. The molecule has 4 nitrogen and oxygen atoms in total. The van der Waals surface area contributed by atoms with E-state index in [-0.39, 0.29) is 18.4 Å². The van der Waals surface area contributed by atoms with Crippen molar-refractivity contribution in [1.82, 2.24) is 9.80 Å². The zero-order valence-electron chi connectivity index (χ0n) is 14.3. The van der Waals surface area contributed by atoms with Crippen LogP contribution in [0.25, 0.3) is 6.08 Å². The van der Waals surface area contributed by atoms with Gasteiger partial charge in [-0.05, 0) is 30.0 Å². The molecular formula is C19H18N2O2S3. The van der Waals surface area contributed by atoms with Crippen molar-refractivity contribution in [3.8, 4) is 0 Å². The molecule has 0 spiro atoms. The molecule has 26 heavy (non-hydrogen) atoms. The number of carbonyl (C=O) groups excluding carboxylic acids is 2. The van der Waals surface area contributed by atoms with Crippen LogP contribution in [0, 0.1) is 0 Å². The lowest BCUT2D eigenvalue weighted by molar-refractivity contribution is -0.135. The van der Waals surface area contributed by atoms with E-state index < -0.39 is 0 Å². The van der Waals surface area contributed by atoms with Gasteiger partial charge < -0.3 is 4.90 Å². The first kappa shape index (κ1) is 18.8. The second kappa shape index (κ2) is 8.62. The molecule has 0 saturated carbocycles. The van der Waals surface area contributed by atoms with Crippen molar-refractivity contribution in [3.63, 3.8) is 0 Å². The van der Waals surface area contributed by atoms with Gasteiger partial charge in [-0.1, -0.05) is 60.4 Å². The molecule has 0 atom stereocenters. The standard InChI is InChI=1S/C19H18N2O2S3/c1-2-20(12-14-7-4-3-5-8-14)17(22)13-21-18(23)16(26-19(21)24)11-15-9-6-10-25-15/h3-11H,2,12-13H2,1H3. The average molecular weight is 403 g/mol. The van der Waals surface area contributed by atoms with Gasteiger partial charge in [-0.15, -0.1) is 11.3 Å². The highest BCUT2D eigenvalue weighted by Gasteiger charge is 2.34. The molecular weight excluding hydrogens is 384 g/mol. The van der Waals surface area contributed by atoms with Crippen LogP contribution in [0.2, 0.25) is 0 Å². The maximum Gasteiger partial charge on any atom is 0.266 e. The molecule has 2 heterocycles. The van der Waals surface area contributed by atoms with Gasteiger partial charge in [0, 0.05) is 18.0 Å². The number of benzene rings is 1. The summed E-state index contributed by atoms with van der Waals surface area (Å²) in [7, 11) is 0. The summed E-state index contributed by atoms with van der Waals surface area (Å²) < 4.78 is 0.432. The van der Waals surface area contributed by atoms with Crippen molar-refractivity contribution in [3.05, 3.63) is 63.2 Å². The summed E-state index contributed by atoms with van der Waals surface area (Å²) in [5, 5.41) is 1.96. The molecule has 1 saturated heterocycles. The van der Waals surface area contributed by atoms with Crippen molar-refractivity contribution < 1.29 is 9.59 Å². The number of rotatable bonds is 6. The summed E-state index contributed by atoms with van der Waals surface area (Å²) in [4.78, 5) is 30.0. The van der Waals surface area contributed by atoms with E-state index >= 15 is 0 Å². The predicted octanol–water partition coefficient (Wildman–Crippen LogP) is 4.00. The van der Waals surface area contributed by atoms with Crippen molar-refractivity contribution in [1.29, 1.82) is 0 Å². The molecule has 1 fully saturated rings. The normalized spacial score (nSPS) is 15.7. The lowest BCUT2D eigenvalue weighted by atomic mass is 10.2. The minimum Gasteiger partial charge on any atom is -0.337 e. The summed E-state index contributed by atoms with van der Waals surface area (Å²) in [6, 6.07) is 13.7. The van der Waals surface area contributed by atoms with Crippen LogP contribution >= 0.6 is 35.3 Å².